The van der Waals surface area contributed by atoms with Crippen LogP contribution in [0.4, 0.5) is 5.82 Å². The predicted molar refractivity (Wildman–Crippen MR) is 80.5 cm³/mol. The quantitative estimate of drug-likeness (QED) is 0.796. The van der Waals surface area contributed by atoms with Gasteiger partial charge in [0.15, 0.2) is 0 Å². The lowest BCUT2D eigenvalue weighted by molar-refractivity contribution is -0.0148. The summed E-state index contributed by atoms with van der Waals surface area (Å²) in [5.74, 6) is 0.593. The van der Waals surface area contributed by atoms with E-state index >= 15 is 0 Å². The third-order valence-electron chi connectivity index (χ3n) is 3.65. The molecular formula is C15H23N3O3. The second kappa shape index (κ2) is 7.38. The number of carbonyl (C=O) groups is 1. The molecule has 1 aromatic rings. The number of aromatic nitrogens is 1. The molecule has 0 aromatic carbocycles. The van der Waals surface area contributed by atoms with E-state index < -0.39 is 5.60 Å². The minimum absolute atomic E-state index is 0.125. The van der Waals surface area contributed by atoms with Crippen molar-refractivity contribution in [2.45, 2.75) is 25.4 Å². The van der Waals surface area contributed by atoms with Crippen molar-refractivity contribution < 1.29 is 14.3 Å². The van der Waals surface area contributed by atoms with Crippen molar-refractivity contribution in [3.8, 4) is 0 Å². The van der Waals surface area contributed by atoms with E-state index in [-0.39, 0.29) is 5.91 Å². The highest BCUT2D eigenvalue weighted by molar-refractivity contribution is 5.94. The molecule has 2 N–H and O–H groups in total. The van der Waals surface area contributed by atoms with Crippen LogP contribution in [0, 0.1) is 0 Å². The SMILES string of the molecule is CCCNc1cc(C(=O)NCC2(OC)CCOC2)ccn1. The Morgan fingerprint density at radius 1 is 1.57 bits per heavy atom. The largest absolute Gasteiger partial charge is 0.378 e. The normalized spacial score (nSPS) is 21.2. The summed E-state index contributed by atoms with van der Waals surface area (Å²) in [6, 6.07) is 3.46. The third-order valence-corrected chi connectivity index (χ3v) is 3.65. The molecule has 1 amide bonds. The lowest BCUT2D eigenvalue weighted by Crippen LogP contribution is -2.45. The number of amides is 1. The van der Waals surface area contributed by atoms with Gasteiger partial charge in [-0.15, -0.1) is 0 Å². The molecule has 1 aliphatic rings. The first kappa shape index (κ1) is 15.7. The Morgan fingerprint density at radius 3 is 3.10 bits per heavy atom. The molecule has 0 bridgehead atoms. The fraction of sp³-hybridized carbons (Fsp3) is 0.600. The summed E-state index contributed by atoms with van der Waals surface area (Å²) in [5, 5.41) is 6.09. The van der Waals surface area contributed by atoms with Crippen LogP contribution in [0.5, 0.6) is 0 Å². The zero-order valence-corrected chi connectivity index (χ0v) is 12.6. The lowest BCUT2D eigenvalue weighted by atomic mass is 10.0. The van der Waals surface area contributed by atoms with E-state index in [0.717, 1.165) is 25.2 Å². The molecule has 0 aliphatic carbocycles. The number of rotatable bonds is 7. The van der Waals surface area contributed by atoms with Gasteiger partial charge in [0.2, 0.25) is 0 Å². The van der Waals surface area contributed by atoms with Crippen LogP contribution < -0.4 is 10.6 Å². The molecule has 116 valence electrons. The third kappa shape index (κ3) is 4.15. The molecule has 2 heterocycles. The van der Waals surface area contributed by atoms with Crippen LogP contribution in [0.3, 0.4) is 0 Å². The smallest absolute Gasteiger partial charge is 0.251 e. The Morgan fingerprint density at radius 2 is 2.43 bits per heavy atom. The number of ether oxygens (including phenoxy) is 2. The molecular weight excluding hydrogens is 270 g/mol. The first-order valence-corrected chi connectivity index (χ1v) is 7.30. The van der Waals surface area contributed by atoms with Crippen molar-refractivity contribution >= 4 is 11.7 Å². The Labute approximate surface area is 125 Å². The number of anilines is 1. The molecule has 1 atom stereocenters. The van der Waals surface area contributed by atoms with Gasteiger partial charge < -0.3 is 20.1 Å². The number of nitrogens with zero attached hydrogens (tertiary/aromatic N) is 1. The summed E-state index contributed by atoms with van der Waals surface area (Å²) in [7, 11) is 1.65. The van der Waals surface area contributed by atoms with E-state index in [1.165, 1.54) is 0 Å². The topological polar surface area (TPSA) is 72.5 Å². The van der Waals surface area contributed by atoms with Gasteiger partial charge in [-0.05, 0) is 18.6 Å². The van der Waals surface area contributed by atoms with Crippen LogP contribution >= 0.6 is 0 Å². The van der Waals surface area contributed by atoms with Crippen LogP contribution in [-0.2, 0) is 9.47 Å². The molecule has 2 rings (SSSR count). The molecule has 0 saturated carbocycles. The van der Waals surface area contributed by atoms with Crippen molar-refractivity contribution in [2.75, 3.05) is 38.7 Å². The van der Waals surface area contributed by atoms with Crippen molar-refractivity contribution in [2.24, 2.45) is 0 Å². The van der Waals surface area contributed by atoms with Crippen LogP contribution in [0.1, 0.15) is 30.1 Å². The van der Waals surface area contributed by atoms with Crippen molar-refractivity contribution in [1.29, 1.82) is 0 Å². The minimum Gasteiger partial charge on any atom is -0.378 e. The molecule has 1 aliphatic heterocycles. The van der Waals surface area contributed by atoms with Crippen molar-refractivity contribution in [3.63, 3.8) is 0 Å². The van der Waals surface area contributed by atoms with E-state index in [9.17, 15) is 4.79 Å². The van der Waals surface area contributed by atoms with Gasteiger partial charge in [-0.1, -0.05) is 6.92 Å². The number of nitrogens with one attached hydrogen (secondary N) is 2. The van der Waals surface area contributed by atoms with Crippen LogP contribution in [0.25, 0.3) is 0 Å². The fourth-order valence-corrected chi connectivity index (χ4v) is 2.23. The molecule has 0 spiro atoms. The number of methoxy groups -OCH3 is 1. The Kier molecular flexibility index (Phi) is 5.52. The van der Waals surface area contributed by atoms with E-state index in [4.69, 9.17) is 9.47 Å². The molecule has 6 nitrogen and oxygen atoms in total. The summed E-state index contributed by atoms with van der Waals surface area (Å²) in [6.07, 6.45) is 3.44. The van der Waals surface area contributed by atoms with Gasteiger partial charge in [0.1, 0.15) is 11.4 Å². The van der Waals surface area contributed by atoms with Gasteiger partial charge in [0.25, 0.3) is 5.91 Å². The summed E-state index contributed by atoms with van der Waals surface area (Å²) >= 11 is 0. The summed E-state index contributed by atoms with van der Waals surface area (Å²) in [6.45, 7) is 4.55. The van der Waals surface area contributed by atoms with E-state index in [1.807, 2.05) is 0 Å². The van der Waals surface area contributed by atoms with Gasteiger partial charge in [-0.2, -0.15) is 0 Å². The zero-order valence-electron chi connectivity index (χ0n) is 12.6. The Hall–Kier alpha value is -1.66. The highest BCUT2D eigenvalue weighted by Crippen LogP contribution is 2.21. The highest BCUT2D eigenvalue weighted by atomic mass is 16.5. The first-order valence-electron chi connectivity index (χ1n) is 7.30. The molecule has 0 radical (unpaired) electrons. The standard InChI is InChI=1S/C15H23N3O3/c1-3-6-16-13-9-12(4-7-17-13)14(19)18-10-15(20-2)5-8-21-11-15/h4,7,9H,3,5-6,8,10-11H2,1-2H3,(H,16,17)(H,18,19). The number of carbonyl (C=O) groups excluding carboxylic acids is 1. The molecule has 6 heteroatoms. The molecule has 1 fully saturated rings. The van der Waals surface area contributed by atoms with Gasteiger partial charge in [0.05, 0.1) is 6.61 Å². The molecule has 1 saturated heterocycles. The second-order valence-corrected chi connectivity index (χ2v) is 5.23. The average molecular weight is 293 g/mol. The van der Waals surface area contributed by atoms with Crippen molar-refractivity contribution in [3.05, 3.63) is 23.9 Å². The maximum Gasteiger partial charge on any atom is 0.251 e. The summed E-state index contributed by atoms with van der Waals surface area (Å²) < 4.78 is 10.9. The molecule has 21 heavy (non-hydrogen) atoms. The number of hydrogen-bond donors (Lipinski definition) is 2. The second-order valence-electron chi connectivity index (χ2n) is 5.23. The minimum atomic E-state index is -0.397. The van der Waals surface area contributed by atoms with Crippen molar-refractivity contribution in [1.82, 2.24) is 10.3 Å². The molecule has 1 aromatic heterocycles. The maximum absolute atomic E-state index is 12.2. The van der Waals surface area contributed by atoms with Gasteiger partial charge in [-0.3, -0.25) is 4.79 Å². The Bertz CT molecular complexity index is 473. The lowest BCUT2D eigenvalue weighted by Gasteiger charge is -2.25. The average Bonchev–Trinajstić information content (AvgIpc) is 3.00. The van der Waals surface area contributed by atoms with Crippen LogP contribution in [0.15, 0.2) is 18.3 Å². The van der Waals surface area contributed by atoms with E-state index in [1.54, 1.807) is 25.4 Å². The van der Waals surface area contributed by atoms with Gasteiger partial charge in [-0.25, -0.2) is 4.98 Å². The Balaban J connectivity index is 1.93. The zero-order chi connectivity index (χ0) is 15.1. The van der Waals surface area contributed by atoms with Crippen LogP contribution in [-0.4, -0.2) is 49.9 Å². The monoisotopic (exact) mass is 293 g/mol. The predicted octanol–water partition coefficient (Wildman–Crippen LogP) is 1.44. The molecule has 1 unspecified atom stereocenters. The first-order chi connectivity index (χ1) is 10.2. The summed E-state index contributed by atoms with van der Waals surface area (Å²) in [5.41, 5.74) is 0.195. The van der Waals surface area contributed by atoms with Gasteiger partial charge >= 0.3 is 0 Å². The van der Waals surface area contributed by atoms with E-state index in [2.05, 4.69) is 22.5 Å². The van der Waals surface area contributed by atoms with Crippen LogP contribution in [0.2, 0.25) is 0 Å². The number of pyridine rings is 1. The maximum atomic E-state index is 12.2. The number of hydrogen-bond acceptors (Lipinski definition) is 5. The van der Waals surface area contributed by atoms with Gasteiger partial charge in [0, 0.05) is 45.0 Å². The van der Waals surface area contributed by atoms with E-state index in [0.29, 0.717) is 25.3 Å². The summed E-state index contributed by atoms with van der Waals surface area (Å²) in [4.78, 5) is 16.4. The fourth-order valence-electron chi connectivity index (χ4n) is 2.23. The highest BCUT2D eigenvalue weighted by Gasteiger charge is 2.35.